The van der Waals surface area contributed by atoms with Crippen LogP contribution in [0.3, 0.4) is 0 Å². The molecule has 0 saturated carbocycles. The van der Waals surface area contributed by atoms with Gasteiger partial charge in [0.15, 0.2) is 6.10 Å². The van der Waals surface area contributed by atoms with Crippen molar-refractivity contribution < 1.29 is 74.1 Å². The van der Waals surface area contributed by atoms with E-state index < -0.39 is 97.7 Å². The molecule has 9 N–H and O–H groups in total. The molecule has 308 valence electrons. The minimum absolute atomic E-state index is 0.0230. The first-order valence-electron chi connectivity index (χ1n) is 18.7. The fourth-order valence-corrected chi connectivity index (χ4v) is 7.83. The van der Waals surface area contributed by atoms with Gasteiger partial charge in [-0.3, -0.25) is 4.79 Å². The van der Waals surface area contributed by atoms with Gasteiger partial charge in [-0.25, -0.2) is 9.18 Å². The fourth-order valence-electron chi connectivity index (χ4n) is 7.83. The zero-order valence-electron chi connectivity index (χ0n) is 30.8. The predicted octanol–water partition coefficient (Wildman–Crippen LogP) is 1.50. The summed E-state index contributed by atoms with van der Waals surface area (Å²) in [5.41, 5.74) is 2.93. The Morgan fingerprint density at radius 1 is 0.776 bits per heavy atom. The number of benzene rings is 4. The number of carboxylic acids is 1. The van der Waals surface area contributed by atoms with Crippen LogP contribution >= 0.6 is 0 Å². The highest BCUT2D eigenvalue weighted by Gasteiger charge is 2.52. The van der Waals surface area contributed by atoms with Gasteiger partial charge in [-0.2, -0.15) is 0 Å². The molecule has 3 aliphatic heterocycles. The Balaban J connectivity index is 1.25. The molecular formula is C42H44FNO14. The van der Waals surface area contributed by atoms with Gasteiger partial charge >= 0.3 is 5.97 Å². The summed E-state index contributed by atoms with van der Waals surface area (Å²) in [4.78, 5) is 27.4. The molecule has 0 aromatic heterocycles. The molecule has 13 atom stereocenters. The van der Waals surface area contributed by atoms with Gasteiger partial charge in [-0.15, -0.1) is 0 Å². The number of para-hydroxylation sites is 1. The van der Waals surface area contributed by atoms with E-state index in [-0.39, 0.29) is 24.5 Å². The van der Waals surface area contributed by atoms with Crippen molar-refractivity contribution in [2.24, 2.45) is 5.92 Å². The number of halogens is 1. The lowest BCUT2D eigenvalue weighted by atomic mass is 9.77. The molecule has 3 saturated heterocycles. The molecule has 16 heteroatoms. The fraction of sp³-hybridized carbons (Fsp3) is 0.381. The zero-order valence-corrected chi connectivity index (χ0v) is 30.8. The third kappa shape index (κ3) is 7.96. The van der Waals surface area contributed by atoms with E-state index in [0.717, 1.165) is 0 Å². The molecular weight excluding hydrogens is 761 g/mol. The molecule has 3 heterocycles. The Bertz CT molecular complexity index is 2050. The number of rotatable bonds is 12. The number of hydrogen-bond acceptors (Lipinski definition) is 13. The molecule has 1 amide bonds. The van der Waals surface area contributed by atoms with Gasteiger partial charge in [-0.05, 0) is 65.4 Å². The summed E-state index contributed by atoms with van der Waals surface area (Å²) in [5, 5.41) is 93.4. The van der Waals surface area contributed by atoms with Gasteiger partial charge in [0.05, 0.1) is 24.7 Å². The summed E-state index contributed by atoms with van der Waals surface area (Å²) in [6, 6.07) is 25.0. The van der Waals surface area contributed by atoms with Gasteiger partial charge in [0, 0.05) is 11.3 Å². The molecule has 0 aliphatic carbocycles. The van der Waals surface area contributed by atoms with Crippen molar-refractivity contribution >= 4 is 17.6 Å². The topological polar surface area (TPSA) is 247 Å². The lowest BCUT2D eigenvalue weighted by molar-refractivity contribution is -0.271. The predicted molar refractivity (Wildman–Crippen MR) is 200 cm³/mol. The van der Waals surface area contributed by atoms with Crippen LogP contribution in [0, 0.1) is 11.7 Å². The summed E-state index contributed by atoms with van der Waals surface area (Å²) in [6.07, 6.45) is -17.1. The van der Waals surface area contributed by atoms with Crippen molar-refractivity contribution in [2.75, 3.05) is 11.5 Å². The Hall–Kier alpha value is -4.85. The van der Waals surface area contributed by atoms with Crippen LogP contribution in [0.15, 0.2) is 97.1 Å². The maximum atomic E-state index is 13.9. The van der Waals surface area contributed by atoms with Gasteiger partial charge in [0.2, 0.25) is 12.2 Å². The number of amides is 1. The second kappa shape index (κ2) is 17.2. The van der Waals surface area contributed by atoms with Gasteiger partial charge in [0.1, 0.15) is 60.4 Å². The van der Waals surface area contributed by atoms with Crippen molar-refractivity contribution in [3.05, 3.63) is 120 Å². The van der Waals surface area contributed by atoms with E-state index in [1.54, 1.807) is 77.7 Å². The number of carboxylic acid groups (broad SMARTS) is 1. The molecule has 3 fully saturated rings. The van der Waals surface area contributed by atoms with E-state index in [2.05, 4.69) is 0 Å². The Kier molecular flexibility index (Phi) is 12.2. The van der Waals surface area contributed by atoms with E-state index in [4.69, 9.17) is 14.2 Å². The van der Waals surface area contributed by atoms with Crippen molar-refractivity contribution in [3.8, 4) is 16.9 Å². The molecule has 0 spiro atoms. The van der Waals surface area contributed by atoms with Crippen LogP contribution < -0.4 is 9.64 Å². The summed E-state index contributed by atoms with van der Waals surface area (Å²) in [6.45, 7) is -0.596. The minimum Gasteiger partial charge on any atom is -0.479 e. The summed E-state index contributed by atoms with van der Waals surface area (Å²) in [7, 11) is 0. The number of aliphatic hydroxyl groups excluding tert-OH is 8. The van der Waals surface area contributed by atoms with Crippen molar-refractivity contribution in [1.29, 1.82) is 0 Å². The van der Waals surface area contributed by atoms with Gasteiger partial charge in [-0.1, -0.05) is 66.7 Å². The Labute approximate surface area is 331 Å². The largest absolute Gasteiger partial charge is 0.479 e. The standard InChI is InChI=1S/C42H44FNO14/c43-24-13-10-21(11-14-24)28(46)17-16-27-31(44(40(27)53)25-4-2-1-3-5-25)26-15-12-23(18-29(26)57-42-37(52)34(49)36(51)39(58-42)41(54)55)20-6-8-22(9-7-20)38-35(50)33(48)32(47)30(19-45)56-38/h1-15,18,27-28,30-39,42,45-52H,16-17,19H2,(H,54,55)/t27-,28+,30-,31-,32-,33+,34?,35-,36+,37?,38?,39?,42-/m1/s1. The van der Waals surface area contributed by atoms with Crippen LogP contribution in [0.2, 0.25) is 0 Å². The van der Waals surface area contributed by atoms with E-state index in [0.29, 0.717) is 33.5 Å². The van der Waals surface area contributed by atoms with Crippen LogP contribution in [0.1, 0.15) is 47.8 Å². The van der Waals surface area contributed by atoms with E-state index in [1.165, 1.54) is 24.3 Å². The lowest BCUT2D eigenvalue weighted by Crippen LogP contribution is -2.61. The first-order chi connectivity index (χ1) is 27.8. The average molecular weight is 806 g/mol. The molecule has 15 nitrogen and oxygen atoms in total. The van der Waals surface area contributed by atoms with Crippen molar-refractivity contribution in [2.45, 2.75) is 86.2 Å². The third-order valence-corrected chi connectivity index (χ3v) is 11.1. The first kappa shape index (κ1) is 41.3. The molecule has 7 rings (SSSR count). The van der Waals surface area contributed by atoms with Crippen LogP contribution in [0.25, 0.3) is 11.1 Å². The molecule has 0 radical (unpaired) electrons. The molecule has 4 aromatic rings. The minimum atomic E-state index is -1.98. The van der Waals surface area contributed by atoms with Gasteiger partial charge < -0.3 is 65.1 Å². The van der Waals surface area contributed by atoms with E-state index in [1.807, 2.05) is 0 Å². The highest BCUT2D eigenvalue weighted by atomic mass is 19.1. The number of ether oxygens (including phenoxy) is 3. The number of aliphatic hydroxyl groups is 8. The summed E-state index contributed by atoms with van der Waals surface area (Å²) in [5.74, 6) is -3.04. The zero-order chi connectivity index (χ0) is 41.4. The lowest BCUT2D eigenvalue weighted by Gasteiger charge is -2.48. The number of aliphatic carboxylic acids is 1. The third-order valence-electron chi connectivity index (χ3n) is 11.1. The van der Waals surface area contributed by atoms with Crippen LogP contribution in [0.4, 0.5) is 10.1 Å². The molecule has 0 bridgehead atoms. The van der Waals surface area contributed by atoms with Crippen LogP contribution in [-0.2, 0) is 19.1 Å². The molecule has 58 heavy (non-hydrogen) atoms. The van der Waals surface area contributed by atoms with E-state index >= 15 is 0 Å². The van der Waals surface area contributed by atoms with E-state index in [9.17, 15) is 59.9 Å². The number of nitrogens with zero attached hydrogens (tertiary/aromatic N) is 1. The highest BCUT2D eigenvalue weighted by molar-refractivity contribution is 6.03. The Morgan fingerprint density at radius 2 is 1.43 bits per heavy atom. The van der Waals surface area contributed by atoms with Gasteiger partial charge in [0.25, 0.3) is 0 Å². The number of carbonyl (C=O) groups is 2. The monoisotopic (exact) mass is 805 g/mol. The maximum Gasteiger partial charge on any atom is 0.335 e. The molecule has 3 aliphatic rings. The van der Waals surface area contributed by atoms with Crippen molar-refractivity contribution in [1.82, 2.24) is 0 Å². The maximum absolute atomic E-state index is 13.9. The van der Waals surface area contributed by atoms with Crippen LogP contribution in [-0.4, -0.2) is 120 Å². The first-order valence-corrected chi connectivity index (χ1v) is 18.7. The summed E-state index contributed by atoms with van der Waals surface area (Å²) < 4.78 is 31.0. The average Bonchev–Trinajstić information content (AvgIpc) is 3.23. The number of carbonyl (C=O) groups excluding carboxylic acids is 1. The molecule has 4 aromatic carbocycles. The second-order valence-corrected chi connectivity index (χ2v) is 14.7. The second-order valence-electron chi connectivity index (χ2n) is 14.7. The normalized spacial score (nSPS) is 31.7. The quantitative estimate of drug-likeness (QED) is 0.0922. The van der Waals surface area contributed by atoms with Crippen molar-refractivity contribution in [3.63, 3.8) is 0 Å². The SMILES string of the molecule is O=C(O)C1O[C@@H](Oc2cc(-c3ccc(C4O[C@H](CO)[C@@H](O)[C@H](O)[C@H]4O)cc3)ccc2[C@@H]2[C@@H](CC[C@H](O)c3ccc(F)cc3)C(=O)N2c2ccccc2)C(O)C(O)[C@@H]1O. The number of anilines is 1. The summed E-state index contributed by atoms with van der Waals surface area (Å²) >= 11 is 0. The highest BCUT2D eigenvalue weighted by Crippen LogP contribution is 2.50. The number of hydrogen-bond donors (Lipinski definition) is 9. The molecule has 4 unspecified atom stereocenters. The smallest absolute Gasteiger partial charge is 0.335 e. The van der Waals surface area contributed by atoms with Crippen LogP contribution in [0.5, 0.6) is 5.75 Å². The Morgan fingerprint density at radius 3 is 2.09 bits per heavy atom. The number of β-lactam (4-membered cyclic amide) rings is 1.